The maximum atomic E-state index is 13.7. The van der Waals surface area contributed by atoms with Crippen LogP contribution in [-0.2, 0) is 11.2 Å². The Kier molecular flexibility index (Phi) is 7.32. The molecule has 0 atom stereocenters. The molecule has 1 fully saturated rings. The number of hydrogen-bond donors (Lipinski definition) is 2. The Labute approximate surface area is 173 Å². The lowest BCUT2D eigenvalue weighted by molar-refractivity contribution is -0.120. The molecule has 1 aliphatic rings. The van der Waals surface area contributed by atoms with Crippen LogP contribution in [0.2, 0.25) is 0 Å². The zero-order valence-electron chi connectivity index (χ0n) is 16.5. The highest BCUT2D eigenvalue weighted by Gasteiger charge is 2.23. The molecule has 0 radical (unpaired) electrons. The number of nitrogens with one attached hydrogen (secondary N) is 2. The van der Waals surface area contributed by atoms with Crippen molar-refractivity contribution in [2.24, 2.45) is 5.92 Å². The predicted molar refractivity (Wildman–Crippen MR) is 107 cm³/mol. The van der Waals surface area contributed by atoms with Crippen LogP contribution in [0.4, 0.5) is 23.7 Å². The number of nitrogens with zero attached hydrogens (tertiary/aromatic N) is 1. The molecule has 0 saturated carbocycles. The van der Waals surface area contributed by atoms with Gasteiger partial charge in [-0.25, -0.2) is 18.0 Å². The molecule has 8 heteroatoms. The van der Waals surface area contributed by atoms with Crippen LogP contribution in [-0.4, -0.2) is 36.5 Å². The Morgan fingerprint density at radius 2 is 1.73 bits per heavy atom. The maximum Gasteiger partial charge on any atom is 0.321 e. The van der Waals surface area contributed by atoms with Crippen LogP contribution in [0.5, 0.6) is 0 Å². The molecule has 30 heavy (non-hydrogen) atoms. The van der Waals surface area contributed by atoms with Gasteiger partial charge in [-0.2, -0.15) is 0 Å². The number of piperidine rings is 1. The molecule has 2 aromatic rings. The molecule has 2 N–H and O–H groups in total. The summed E-state index contributed by atoms with van der Waals surface area (Å²) >= 11 is 0. The number of amides is 3. The number of likely N-dealkylation sites (tertiary alicyclic amines) is 1. The molecule has 3 amide bonds. The van der Waals surface area contributed by atoms with Gasteiger partial charge in [0.05, 0.1) is 12.1 Å². The van der Waals surface area contributed by atoms with E-state index in [2.05, 4.69) is 10.6 Å². The molecule has 5 nitrogen and oxygen atoms in total. The van der Waals surface area contributed by atoms with Crippen LogP contribution in [0.3, 0.4) is 0 Å². The Hall–Kier alpha value is -3.03. The van der Waals surface area contributed by atoms with Crippen LogP contribution in [0, 0.1) is 23.4 Å². The van der Waals surface area contributed by atoms with Crippen molar-refractivity contribution >= 4 is 17.6 Å². The fourth-order valence-corrected chi connectivity index (χ4v) is 3.51. The number of anilines is 1. The van der Waals surface area contributed by atoms with Crippen molar-refractivity contribution in [2.75, 3.05) is 25.0 Å². The number of carbonyl (C=O) groups excluding carboxylic acids is 2. The topological polar surface area (TPSA) is 61.4 Å². The summed E-state index contributed by atoms with van der Waals surface area (Å²) in [5.41, 5.74) is 0.184. The Balaban J connectivity index is 1.37. The number of halogens is 3. The molecule has 0 bridgehead atoms. The van der Waals surface area contributed by atoms with Gasteiger partial charge in [0.1, 0.15) is 17.5 Å². The van der Waals surface area contributed by atoms with Crippen molar-refractivity contribution in [3.8, 4) is 0 Å². The summed E-state index contributed by atoms with van der Waals surface area (Å²) in [6.45, 7) is 1.48. The lowest BCUT2D eigenvalue weighted by atomic mass is 9.93. The number of hydrogen-bond acceptors (Lipinski definition) is 2. The lowest BCUT2D eigenvalue weighted by Gasteiger charge is -2.32. The summed E-state index contributed by atoms with van der Waals surface area (Å²) in [4.78, 5) is 25.8. The van der Waals surface area contributed by atoms with Gasteiger partial charge in [0.15, 0.2) is 0 Å². The van der Waals surface area contributed by atoms with Gasteiger partial charge in [-0.05, 0) is 48.9 Å². The van der Waals surface area contributed by atoms with Gasteiger partial charge in [0, 0.05) is 25.7 Å². The minimum atomic E-state index is -0.689. The van der Waals surface area contributed by atoms with Crippen molar-refractivity contribution in [1.82, 2.24) is 10.2 Å². The minimum Gasteiger partial charge on any atom is -0.356 e. The van der Waals surface area contributed by atoms with Gasteiger partial charge in [0.2, 0.25) is 5.91 Å². The summed E-state index contributed by atoms with van der Waals surface area (Å²) < 4.78 is 40.5. The van der Waals surface area contributed by atoms with Crippen molar-refractivity contribution in [1.29, 1.82) is 0 Å². The predicted octanol–water partition coefficient (Wildman–Crippen LogP) is 4.10. The summed E-state index contributed by atoms with van der Waals surface area (Å²) in [5.74, 6) is -1.59. The minimum absolute atomic E-state index is 0.00191. The molecule has 2 aromatic carbocycles. The van der Waals surface area contributed by atoms with E-state index in [1.165, 1.54) is 6.07 Å². The van der Waals surface area contributed by atoms with E-state index in [-0.39, 0.29) is 18.0 Å². The van der Waals surface area contributed by atoms with Crippen LogP contribution >= 0.6 is 0 Å². The van der Waals surface area contributed by atoms with Gasteiger partial charge in [-0.3, -0.25) is 4.79 Å². The van der Waals surface area contributed by atoms with Gasteiger partial charge >= 0.3 is 6.03 Å². The highest BCUT2D eigenvalue weighted by atomic mass is 19.1. The first-order valence-electron chi connectivity index (χ1n) is 9.93. The van der Waals surface area contributed by atoms with Crippen molar-refractivity contribution in [2.45, 2.75) is 25.7 Å². The van der Waals surface area contributed by atoms with Gasteiger partial charge < -0.3 is 15.5 Å². The quantitative estimate of drug-likeness (QED) is 0.741. The van der Waals surface area contributed by atoms with E-state index >= 15 is 0 Å². The van der Waals surface area contributed by atoms with E-state index in [9.17, 15) is 22.8 Å². The molecule has 0 aromatic heterocycles. The summed E-state index contributed by atoms with van der Waals surface area (Å²) in [6, 6.07) is 8.64. The van der Waals surface area contributed by atoms with Gasteiger partial charge in [0.25, 0.3) is 0 Å². The largest absolute Gasteiger partial charge is 0.356 e. The summed E-state index contributed by atoms with van der Waals surface area (Å²) in [5, 5.41) is 5.21. The van der Waals surface area contributed by atoms with Crippen molar-refractivity contribution < 1.29 is 22.8 Å². The third-order valence-electron chi connectivity index (χ3n) is 5.26. The second-order valence-corrected chi connectivity index (χ2v) is 7.39. The first kappa shape index (κ1) is 21.7. The smallest absolute Gasteiger partial charge is 0.321 e. The molecule has 0 unspecified atom stereocenters. The molecule has 1 heterocycles. The highest BCUT2D eigenvalue weighted by Crippen LogP contribution is 2.22. The molecule has 1 saturated heterocycles. The number of urea groups is 1. The summed E-state index contributed by atoms with van der Waals surface area (Å²) in [6.07, 6.45) is 2.27. The van der Waals surface area contributed by atoms with E-state index in [0.717, 1.165) is 37.5 Å². The van der Waals surface area contributed by atoms with Crippen molar-refractivity contribution in [3.63, 3.8) is 0 Å². The molecular weight excluding hydrogens is 395 g/mol. The zero-order valence-corrected chi connectivity index (χ0v) is 16.5. The third-order valence-corrected chi connectivity index (χ3v) is 5.26. The number of benzene rings is 2. The first-order chi connectivity index (χ1) is 14.4. The molecule has 1 aliphatic heterocycles. The van der Waals surface area contributed by atoms with E-state index in [0.29, 0.717) is 31.1 Å². The standard InChI is InChI=1S/C22H24F3N3O2/c23-17-5-6-19(25)20(14-17)27-22(30)28-11-8-15(9-12-28)7-10-26-21(29)13-16-3-1-2-4-18(16)24/h1-6,14-15H,7-13H2,(H,26,29)(H,27,30). The molecular formula is C22H24F3N3O2. The average Bonchev–Trinajstić information content (AvgIpc) is 2.73. The van der Waals surface area contributed by atoms with Gasteiger partial charge in [-0.15, -0.1) is 0 Å². The highest BCUT2D eigenvalue weighted by molar-refractivity contribution is 5.89. The molecule has 0 aliphatic carbocycles. The Morgan fingerprint density at radius 3 is 2.47 bits per heavy atom. The second kappa shape index (κ2) is 10.1. The Morgan fingerprint density at radius 1 is 1.00 bits per heavy atom. The number of carbonyl (C=O) groups is 2. The molecule has 0 spiro atoms. The fraction of sp³-hybridized carbons (Fsp3) is 0.364. The Bertz CT molecular complexity index is 899. The SMILES string of the molecule is O=C(Cc1ccccc1F)NCCC1CCN(C(=O)Nc2cc(F)ccc2F)CC1. The van der Waals surface area contributed by atoms with Crippen molar-refractivity contribution in [3.05, 3.63) is 65.5 Å². The zero-order chi connectivity index (χ0) is 21.5. The lowest BCUT2D eigenvalue weighted by Crippen LogP contribution is -2.41. The fourth-order valence-electron chi connectivity index (χ4n) is 3.51. The number of rotatable bonds is 6. The third kappa shape index (κ3) is 5.98. The first-order valence-corrected chi connectivity index (χ1v) is 9.93. The monoisotopic (exact) mass is 419 g/mol. The second-order valence-electron chi connectivity index (χ2n) is 7.39. The average molecular weight is 419 g/mol. The van der Waals surface area contributed by atoms with Gasteiger partial charge in [-0.1, -0.05) is 18.2 Å². The van der Waals surface area contributed by atoms with Crippen LogP contribution < -0.4 is 10.6 Å². The normalized spacial score (nSPS) is 14.4. The van der Waals surface area contributed by atoms with E-state index < -0.39 is 23.5 Å². The van der Waals surface area contributed by atoms with Crippen LogP contribution in [0.25, 0.3) is 0 Å². The van der Waals surface area contributed by atoms with E-state index in [1.54, 1.807) is 23.1 Å². The maximum absolute atomic E-state index is 13.7. The summed E-state index contributed by atoms with van der Waals surface area (Å²) in [7, 11) is 0. The van der Waals surface area contributed by atoms with Crippen LogP contribution in [0.15, 0.2) is 42.5 Å². The molecule has 160 valence electrons. The molecule has 3 rings (SSSR count). The van der Waals surface area contributed by atoms with E-state index in [1.807, 2.05) is 0 Å². The van der Waals surface area contributed by atoms with Crippen LogP contribution in [0.1, 0.15) is 24.8 Å². The van der Waals surface area contributed by atoms with E-state index in [4.69, 9.17) is 0 Å².